The Morgan fingerprint density at radius 3 is 2.79 bits per heavy atom. The fourth-order valence-corrected chi connectivity index (χ4v) is 2.42. The van der Waals surface area contributed by atoms with Gasteiger partial charge in [-0.1, -0.05) is 18.2 Å². The molecule has 0 bridgehead atoms. The Balaban J connectivity index is 1.75. The first-order valence-electron chi connectivity index (χ1n) is 6.55. The largest absolute Gasteiger partial charge is 0.508 e. The van der Waals surface area contributed by atoms with Crippen molar-refractivity contribution in [2.75, 3.05) is 6.54 Å². The van der Waals surface area contributed by atoms with Gasteiger partial charge < -0.3 is 15.2 Å². The number of aromatic hydroxyl groups is 1. The Bertz CT molecular complexity index is 563. The van der Waals surface area contributed by atoms with Gasteiger partial charge in [0.25, 0.3) is 0 Å². The van der Waals surface area contributed by atoms with Crippen molar-refractivity contribution < 1.29 is 9.84 Å². The molecule has 1 aliphatic heterocycles. The van der Waals surface area contributed by atoms with Crippen LogP contribution in [0.4, 0.5) is 0 Å². The van der Waals surface area contributed by atoms with Crippen LogP contribution in [0.15, 0.2) is 42.5 Å². The van der Waals surface area contributed by atoms with Gasteiger partial charge in [-0.2, -0.15) is 0 Å². The Morgan fingerprint density at radius 1 is 1.11 bits per heavy atom. The summed E-state index contributed by atoms with van der Waals surface area (Å²) in [5.41, 5.74) is 4.02. The number of benzene rings is 2. The SMILES string of the molecule is Oc1ccc(OCc2cccc3c2CNCC3)cc1. The van der Waals surface area contributed by atoms with Crippen LogP contribution in [0.1, 0.15) is 16.7 Å². The summed E-state index contributed by atoms with van der Waals surface area (Å²) in [5.74, 6) is 1.04. The standard InChI is InChI=1S/C16H17NO2/c18-14-4-6-15(7-5-14)19-11-13-3-1-2-12-8-9-17-10-16(12)13/h1-7,17-18H,8-11H2. The van der Waals surface area contributed by atoms with Crippen LogP contribution in [0.2, 0.25) is 0 Å². The molecule has 0 aromatic heterocycles. The Hall–Kier alpha value is -2.00. The molecule has 3 nitrogen and oxygen atoms in total. The van der Waals surface area contributed by atoms with Crippen LogP contribution in [0.5, 0.6) is 11.5 Å². The zero-order chi connectivity index (χ0) is 13.1. The van der Waals surface area contributed by atoms with Gasteiger partial charge >= 0.3 is 0 Å². The molecule has 2 aromatic rings. The summed E-state index contributed by atoms with van der Waals surface area (Å²) < 4.78 is 5.77. The molecule has 3 heteroatoms. The first kappa shape index (κ1) is 12.1. The average Bonchev–Trinajstić information content (AvgIpc) is 2.47. The lowest BCUT2D eigenvalue weighted by Gasteiger charge is -2.20. The van der Waals surface area contributed by atoms with Crippen LogP contribution in [0.3, 0.4) is 0 Å². The van der Waals surface area contributed by atoms with Gasteiger partial charge in [-0.15, -0.1) is 0 Å². The van der Waals surface area contributed by atoms with Gasteiger partial charge in [-0.3, -0.25) is 0 Å². The Morgan fingerprint density at radius 2 is 1.95 bits per heavy atom. The topological polar surface area (TPSA) is 41.5 Å². The highest BCUT2D eigenvalue weighted by Crippen LogP contribution is 2.21. The second-order valence-electron chi connectivity index (χ2n) is 4.76. The number of rotatable bonds is 3. The summed E-state index contributed by atoms with van der Waals surface area (Å²) >= 11 is 0. The van der Waals surface area contributed by atoms with Crippen LogP contribution < -0.4 is 10.1 Å². The minimum Gasteiger partial charge on any atom is -0.508 e. The zero-order valence-corrected chi connectivity index (χ0v) is 10.7. The molecule has 0 unspecified atom stereocenters. The maximum Gasteiger partial charge on any atom is 0.120 e. The van der Waals surface area contributed by atoms with Gasteiger partial charge in [0.2, 0.25) is 0 Å². The van der Waals surface area contributed by atoms with E-state index in [4.69, 9.17) is 4.74 Å². The first-order chi connectivity index (χ1) is 9.33. The lowest BCUT2D eigenvalue weighted by Crippen LogP contribution is -2.25. The van der Waals surface area contributed by atoms with Crippen molar-refractivity contribution in [2.24, 2.45) is 0 Å². The van der Waals surface area contributed by atoms with Crippen molar-refractivity contribution in [3.63, 3.8) is 0 Å². The number of hydrogen-bond donors (Lipinski definition) is 2. The predicted molar refractivity (Wildman–Crippen MR) is 74.3 cm³/mol. The Labute approximate surface area is 112 Å². The second kappa shape index (κ2) is 5.33. The molecule has 0 saturated heterocycles. The molecule has 98 valence electrons. The maximum absolute atomic E-state index is 9.24. The monoisotopic (exact) mass is 255 g/mol. The maximum atomic E-state index is 9.24. The van der Waals surface area contributed by atoms with Crippen molar-refractivity contribution in [1.82, 2.24) is 5.32 Å². The summed E-state index contributed by atoms with van der Waals surface area (Å²) in [6.07, 6.45) is 1.09. The lowest BCUT2D eigenvalue weighted by molar-refractivity contribution is 0.303. The minimum absolute atomic E-state index is 0.258. The molecular weight excluding hydrogens is 238 g/mol. The van der Waals surface area contributed by atoms with Crippen LogP contribution in [0.25, 0.3) is 0 Å². The molecule has 0 aliphatic carbocycles. The van der Waals surface area contributed by atoms with Gasteiger partial charge in [0, 0.05) is 6.54 Å². The van der Waals surface area contributed by atoms with Gasteiger partial charge in [-0.05, 0) is 53.9 Å². The number of fused-ring (bicyclic) bond motifs is 1. The molecule has 1 heterocycles. The molecule has 1 aliphatic rings. The zero-order valence-electron chi connectivity index (χ0n) is 10.7. The third kappa shape index (κ3) is 2.71. The van der Waals surface area contributed by atoms with E-state index < -0.39 is 0 Å². The number of phenols is 1. The number of ether oxygens (including phenoxy) is 1. The van der Waals surface area contributed by atoms with E-state index in [1.54, 1.807) is 24.3 Å². The quantitative estimate of drug-likeness (QED) is 0.886. The highest BCUT2D eigenvalue weighted by Gasteiger charge is 2.12. The molecule has 3 rings (SSSR count). The van der Waals surface area contributed by atoms with Crippen molar-refractivity contribution in [3.8, 4) is 11.5 Å². The summed E-state index contributed by atoms with van der Waals surface area (Å²) in [7, 11) is 0. The summed E-state index contributed by atoms with van der Waals surface area (Å²) in [5, 5.41) is 12.6. The van der Waals surface area contributed by atoms with E-state index in [2.05, 4.69) is 23.5 Å². The number of nitrogens with one attached hydrogen (secondary N) is 1. The summed E-state index contributed by atoms with van der Waals surface area (Å²) in [6, 6.07) is 13.2. The molecule has 0 fully saturated rings. The molecule has 0 spiro atoms. The van der Waals surface area contributed by atoms with E-state index >= 15 is 0 Å². The Kier molecular flexibility index (Phi) is 3.38. The molecular formula is C16H17NO2. The molecule has 0 amide bonds. The van der Waals surface area contributed by atoms with E-state index in [0.29, 0.717) is 6.61 Å². The highest BCUT2D eigenvalue weighted by molar-refractivity contribution is 5.37. The predicted octanol–water partition coefficient (Wildman–Crippen LogP) is 2.62. The van der Waals surface area contributed by atoms with Gasteiger partial charge in [0.1, 0.15) is 18.1 Å². The van der Waals surface area contributed by atoms with Gasteiger partial charge in [0.05, 0.1) is 0 Å². The van der Waals surface area contributed by atoms with E-state index in [0.717, 1.165) is 25.3 Å². The highest BCUT2D eigenvalue weighted by atomic mass is 16.5. The van der Waals surface area contributed by atoms with E-state index in [1.165, 1.54) is 16.7 Å². The van der Waals surface area contributed by atoms with E-state index in [9.17, 15) is 5.11 Å². The second-order valence-corrected chi connectivity index (χ2v) is 4.76. The van der Waals surface area contributed by atoms with Crippen LogP contribution in [0, 0.1) is 0 Å². The van der Waals surface area contributed by atoms with Gasteiger partial charge in [0.15, 0.2) is 0 Å². The number of hydrogen-bond acceptors (Lipinski definition) is 3. The van der Waals surface area contributed by atoms with Crippen molar-refractivity contribution in [3.05, 3.63) is 59.2 Å². The van der Waals surface area contributed by atoms with Crippen LogP contribution in [-0.2, 0) is 19.6 Å². The summed E-state index contributed by atoms with van der Waals surface area (Å²) in [4.78, 5) is 0. The van der Waals surface area contributed by atoms with Crippen molar-refractivity contribution in [2.45, 2.75) is 19.6 Å². The third-order valence-electron chi connectivity index (χ3n) is 3.47. The van der Waals surface area contributed by atoms with Crippen LogP contribution >= 0.6 is 0 Å². The van der Waals surface area contributed by atoms with Crippen LogP contribution in [-0.4, -0.2) is 11.7 Å². The molecule has 0 saturated carbocycles. The fourth-order valence-electron chi connectivity index (χ4n) is 2.42. The van der Waals surface area contributed by atoms with Gasteiger partial charge in [-0.25, -0.2) is 0 Å². The van der Waals surface area contributed by atoms with Crippen molar-refractivity contribution in [1.29, 1.82) is 0 Å². The van der Waals surface area contributed by atoms with Crippen molar-refractivity contribution >= 4 is 0 Å². The molecule has 0 atom stereocenters. The smallest absolute Gasteiger partial charge is 0.120 e. The normalized spacial score (nSPS) is 13.9. The molecule has 2 aromatic carbocycles. The molecule has 0 radical (unpaired) electrons. The fraction of sp³-hybridized carbons (Fsp3) is 0.250. The average molecular weight is 255 g/mol. The van der Waals surface area contributed by atoms with E-state index in [-0.39, 0.29) is 5.75 Å². The first-order valence-corrected chi connectivity index (χ1v) is 6.55. The molecule has 2 N–H and O–H groups in total. The number of phenolic OH excluding ortho intramolecular Hbond substituents is 1. The minimum atomic E-state index is 0.258. The summed E-state index contributed by atoms with van der Waals surface area (Å²) in [6.45, 7) is 2.54. The van der Waals surface area contributed by atoms with E-state index in [1.807, 2.05) is 0 Å². The lowest BCUT2D eigenvalue weighted by atomic mass is 9.96. The third-order valence-corrected chi connectivity index (χ3v) is 3.47. The molecule has 19 heavy (non-hydrogen) atoms.